The number of likely N-dealkylation sites (tertiary alicyclic amines) is 1. The van der Waals surface area contributed by atoms with Gasteiger partial charge in [0.05, 0.1) is 5.92 Å². The van der Waals surface area contributed by atoms with E-state index in [9.17, 15) is 14.7 Å². The van der Waals surface area contributed by atoms with Crippen molar-refractivity contribution in [2.45, 2.75) is 26.7 Å². The number of aryl methyl sites for hydroxylation is 1. The smallest absolute Gasteiger partial charge is 0.308 e. The second kappa shape index (κ2) is 5.47. The Morgan fingerprint density at radius 3 is 2.74 bits per heavy atom. The SMILES string of the molecule is CCC[C@@H]1CN(C(=O)c2cc(C)c[nH]2)C[C@H]1C(=O)O. The summed E-state index contributed by atoms with van der Waals surface area (Å²) in [6, 6.07) is 1.80. The molecule has 2 rings (SSSR count). The normalized spacial score (nSPS) is 22.7. The zero-order valence-electron chi connectivity index (χ0n) is 11.3. The van der Waals surface area contributed by atoms with Crippen molar-refractivity contribution in [3.05, 3.63) is 23.5 Å². The van der Waals surface area contributed by atoms with E-state index in [0.29, 0.717) is 18.8 Å². The molecule has 0 bridgehead atoms. The molecule has 2 atom stereocenters. The molecule has 19 heavy (non-hydrogen) atoms. The lowest BCUT2D eigenvalue weighted by atomic mass is 9.92. The molecule has 1 aromatic heterocycles. The highest BCUT2D eigenvalue weighted by Crippen LogP contribution is 2.28. The molecule has 2 heterocycles. The Balaban J connectivity index is 2.10. The standard InChI is InChI=1S/C14H20N2O3/c1-3-4-10-7-16(8-11(10)14(18)19)13(17)12-5-9(2)6-15-12/h5-6,10-11,15H,3-4,7-8H2,1-2H3,(H,18,19)/t10-,11-/m1/s1. The zero-order valence-corrected chi connectivity index (χ0v) is 11.3. The van der Waals surface area contributed by atoms with E-state index in [2.05, 4.69) is 4.98 Å². The first-order valence-corrected chi connectivity index (χ1v) is 6.70. The molecule has 1 aromatic rings. The highest BCUT2D eigenvalue weighted by atomic mass is 16.4. The van der Waals surface area contributed by atoms with Crippen LogP contribution < -0.4 is 0 Å². The molecule has 0 aromatic carbocycles. The monoisotopic (exact) mass is 264 g/mol. The number of carboxylic acids is 1. The van der Waals surface area contributed by atoms with E-state index in [1.165, 1.54) is 0 Å². The number of amides is 1. The zero-order chi connectivity index (χ0) is 14.0. The molecule has 2 N–H and O–H groups in total. The number of hydrogen-bond acceptors (Lipinski definition) is 2. The van der Waals surface area contributed by atoms with Crippen LogP contribution in [-0.4, -0.2) is 40.0 Å². The van der Waals surface area contributed by atoms with Crippen LogP contribution >= 0.6 is 0 Å². The van der Waals surface area contributed by atoms with Crippen molar-refractivity contribution in [3.8, 4) is 0 Å². The second-order valence-electron chi connectivity index (χ2n) is 5.29. The van der Waals surface area contributed by atoms with Gasteiger partial charge in [0.2, 0.25) is 0 Å². The fourth-order valence-electron chi connectivity index (χ4n) is 2.78. The Morgan fingerprint density at radius 2 is 2.21 bits per heavy atom. The number of hydrogen-bond donors (Lipinski definition) is 2. The molecule has 1 aliphatic heterocycles. The van der Waals surface area contributed by atoms with Crippen LogP contribution in [0.5, 0.6) is 0 Å². The first kappa shape index (κ1) is 13.6. The van der Waals surface area contributed by atoms with Crippen molar-refractivity contribution in [2.75, 3.05) is 13.1 Å². The van der Waals surface area contributed by atoms with Gasteiger partial charge in [-0.25, -0.2) is 0 Å². The quantitative estimate of drug-likeness (QED) is 0.872. The number of H-pyrrole nitrogens is 1. The molecule has 1 fully saturated rings. The summed E-state index contributed by atoms with van der Waals surface area (Å²) >= 11 is 0. The lowest BCUT2D eigenvalue weighted by Crippen LogP contribution is -2.30. The average molecular weight is 264 g/mol. The number of nitrogens with one attached hydrogen (secondary N) is 1. The summed E-state index contributed by atoms with van der Waals surface area (Å²) in [6.07, 6.45) is 3.57. The fourth-order valence-corrected chi connectivity index (χ4v) is 2.78. The largest absolute Gasteiger partial charge is 0.481 e. The van der Waals surface area contributed by atoms with Crippen molar-refractivity contribution in [2.24, 2.45) is 11.8 Å². The van der Waals surface area contributed by atoms with Gasteiger partial charge in [0.15, 0.2) is 0 Å². The van der Waals surface area contributed by atoms with Crippen LogP contribution in [0.25, 0.3) is 0 Å². The predicted octanol–water partition coefficient (Wildman–Crippen LogP) is 1.90. The summed E-state index contributed by atoms with van der Waals surface area (Å²) < 4.78 is 0. The van der Waals surface area contributed by atoms with Crippen LogP contribution in [0.3, 0.4) is 0 Å². The summed E-state index contributed by atoms with van der Waals surface area (Å²) in [7, 11) is 0. The predicted molar refractivity (Wildman–Crippen MR) is 71.0 cm³/mol. The molecule has 0 radical (unpaired) electrons. The van der Waals surface area contributed by atoms with E-state index in [0.717, 1.165) is 18.4 Å². The summed E-state index contributed by atoms with van der Waals surface area (Å²) in [5, 5.41) is 9.24. The number of aromatic nitrogens is 1. The van der Waals surface area contributed by atoms with Crippen molar-refractivity contribution >= 4 is 11.9 Å². The number of aromatic amines is 1. The third kappa shape index (κ3) is 2.80. The van der Waals surface area contributed by atoms with Gasteiger partial charge in [-0.1, -0.05) is 13.3 Å². The van der Waals surface area contributed by atoms with Crippen molar-refractivity contribution in [1.29, 1.82) is 0 Å². The highest BCUT2D eigenvalue weighted by Gasteiger charge is 2.39. The van der Waals surface area contributed by atoms with E-state index in [1.807, 2.05) is 13.8 Å². The van der Waals surface area contributed by atoms with E-state index >= 15 is 0 Å². The third-order valence-corrected chi connectivity index (χ3v) is 3.76. The molecule has 1 amide bonds. The summed E-state index contributed by atoms with van der Waals surface area (Å²) in [5.74, 6) is -1.25. The van der Waals surface area contributed by atoms with Crippen LogP contribution in [0.4, 0.5) is 0 Å². The Hall–Kier alpha value is -1.78. The van der Waals surface area contributed by atoms with E-state index < -0.39 is 11.9 Å². The molecule has 0 saturated carbocycles. The summed E-state index contributed by atoms with van der Waals surface area (Å²) in [5.41, 5.74) is 1.54. The first-order chi connectivity index (χ1) is 9.02. The van der Waals surface area contributed by atoms with Crippen molar-refractivity contribution in [3.63, 3.8) is 0 Å². The molecular weight excluding hydrogens is 244 g/mol. The topological polar surface area (TPSA) is 73.4 Å². The summed E-state index contributed by atoms with van der Waals surface area (Å²) in [4.78, 5) is 28.1. The van der Waals surface area contributed by atoms with Gasteiger partial charge in [-0.05, 0) is 30.9 Å². The van der Waals surface area contributed by atoms with Crippen LogP contribution in [0.2, 0.25) is 0 Å². The maximum absolute atomic E-state index is 12.3. The van der Waals surface area contributed by atoms with Gasteiger partial charge >= 0.3 is 5.97 Å². The molecule has 0 spiro atoms. The van der Waals surface area contributed by atoms with Crippen LogP contribution in [0.1, 0.15) is 35.8 Å². The van der Waals surface area contributed by atoms with Crippen LogP contribution in [0, 0.1) is 18.8 Å². The van der Waals surface area contributed by atoms with E-state index in [-0.39, 0.29) is 11.8 Å². The van der Waals surface area contributed by atoms with E-state index in [1.54, 1.807) is 17.2 Å². The molecule has 5 heteroatoms. The van der Waals surface area contributed by atoms with Gasteiger partial charge in [-0.3, -0.25) is 9.59 Å². The van der Waals surface area contributed by atoms with Gasteiger partial charge in [0, 0.05) is 19.3 Å². The first-order valence-electron chi connectivity index (χ1n) is 6.70. The number of carboxylic acid groups (broad SMARTS) is 1. The number of aliphatic carboxylic acids is 1. The number of carbonyl (C=O) groups excluding carboxylic acids is 1. The number of carbonyl (C=O) groups is 2. The molecular formula is C14H20N2O3. The Morgan fingerprint density at radius 1 is 1.47 bits per heavy atom. The minimum atomic E-state index is -0.795. The van der Waals surface area contributed by atoms with Gasteiger partial charge in [0.1, 0.15) is 5.69 Å². The maximum Gasteiger partial charge on any atom is 0.308 e. The molecule has 5 nitrogen and oxygen atoms in total. The van der Waals surface area contributed by atoms with Gasteiger partial charge in [0.25, 0.3) is 5.91 Å². The van der Waals surface area contributed by atoms with Crippen LogP contribution in [0.15, 0.2) is 12.3 Å². The summed E-state index contributed by atoms with van der Waals surface area (Å²) in [6.45, 7) is 4.81. The Kier molecular flexibility index (Phi) is 3.93. The third-order valence-electron chi connectivity index (χ3n) is 3.76. The van der Waals surface area contributed by atoms with E-state index in [4.69, 9.17) is 0 Å². The van der Waals surface area contributed by atoms with Gasteiger partial charge < -0.3 is 15.0 Å². The number of rotatable bonds is 4. The maximum atomic E-state index is 12.3. The van der Waals surface area contributed by atoms with Crippen LogP contribution in [-0.2, 0) is 4.79 Å². The van der Waals surface area contributed by atoms with Gasteiger partial charge in [-0.15, -0.1) is 0 Å². The molecule has 0 aliphatic carbocycles. The highest BCUT2D eigenvalue weighted by molar-refractivity contribution is 5.93. The molecule has 1 saturated heterocycles. The number of nitrogens with zero attached hydrogens (tertiary/aromatic N) is 1. The lowest BCUT2D eigenvalue weighted by Gasteiger charge is -2.15. The average Bonchev–Trinajstić information content (AvgIpc) is 2.95. The molecule has 0 unspecified atom stereocenters. The van der Waals surface area contributed by atoms with Gasteiger partial charge in [-0.2, -0.15) is 0 Å². The Bertz CT molecular complexity index is 481. The second-order valence-corrected chi connectivity index (χ2v) is 5.29. The molecule has 104 valence electrons. The van der Waals surface area contributed by atoms with Crippen molar-refractivity contribution < 1.29 is 14.7 Å². The Labute approximate surface area is 112 Å². The lowest BCUT2D eigenvalue weighted by molar-refractivity contribution is -0.142. The molecule has 1 aliphatic rings. The fraction of sp³-hybridized carbons (Fsp3) is 0.571. The minimum Gasteiger partial charge on any atom is -0.481 e. The van der Waals surface area contributed by atoms with Crippen molar-refractivity contribution in [1.82, 2.24) is 9.88 Å². The minimum absolute atomic E-state index is 0.0718.